The predicted octanol–water partition coefficient (Wildman–Crippen LogP) is 3.64. The van der Waals surface area contributed by atoms with Gasteiger partial charge in [-0.1, -0.05) is 46.3 Å². The number of urea groups is 1. The average molecular weight is 330 g/mol. The summed E-state index contributed by atoms with van der Waals surface area (Å²) in [6.07, 6.45) is 0. The fourth-order valence-electron chi connectivity index (χ4n) is 1.67. The molecule has 2 amide bonds. The molecule has 2 rings (SSSR count). The van der Waals surface area contributed by atoms with Crippen LogP contribution in [-0.2, 0) is 6.54 Å². The Hall–Kier alpha value is -2.32. The first-order valence-electron chi connectivity index (χ1n) is 5.98. The van der Waals surface area contributed by atoms with Crippen LogP contribution in [0.4, 0.5) is 10.5 Å². The van der Waals surface area contributed by atoms with Crippen LogP contribution in [0.5, 0.6) is 0 Å². The highest BCUT2D eigenvalue weighted by Gasteiger charge is 2.06. The predicted molar refractivity (Wildman–Crippen MR) is 81.2 cm³/mol. The zero-order valence-corrected chi connectivity index (χ0v) is 12.1. The number of benzene rings is 2. The van der Waals surface area contributed by atoms with Crippen LogP contribution >= 0.6 is 15.9 Å². The van der Waals surface area contributed by atoms with Crippen molar-refractivity contribution in [2.45, 2.75) is 6.54 Å². The van der Waals surface area contributed by atoms with Crippen LogP contribution in [0.15, 0.2) is 53.0 Å². The fourth-order valence-corrected chi connectivity index (χ4v) is 2.10. The van der Waals surface area contributed by atoms with E-state index in [0.29, 0.717) is 17.8 Å². The molecule has 4 nitrogen and oxygen atoms in total. The first-order chi connectivity index (χ1) is 9.70. The van der Waals surface area contributed by atoms with Gasteiger partial charge in [0.05, 0.1) is 11.3 Å². The van der Waals surface area contributed by atoms with E-state index in [-0.39, 0.29) is 6.03 Å². The number of carbonyl (C=O) groups excluding carboxylic acids is 1. The SMILES string of the molecule is N#Cc1ccccc1NC(=O)NCc1ccccc1Br. The summed E-state index contributed by atoms with van der Waals surface area (Å²) in [6.45, 7) is 0.405. The van der Waals surface area contributed by atoms with Gasteiger partial charge in [-0.15, -0.1) is 0 Å². The Morgan fingerprint density at radius 1 is 1.15 bits per heavy atom. The second kappa shape index (κ2) is 6.73. The third kappa shape index (κ3) is 3.59. The molecule has 0 aliphatic heterocycles. The summed E-state index contributed by atoms with van der Waals surface area (Å²) in [5, 5.41) is 14.4. The smallest absolute Gasteiger partial charge is 0.319 e. The van der Waals surface area contributed by atoms with Crippen molar-refractivity contribution in [1.29, 1.82) is 5.26 Å². The van der Waals surface area contributed by atoms with E-state index in [1.807, 2.05) is 30.3 Å². The Bertz CT molecular complexity index is 664. The summed E-state index contributed by atoms with van der Waals surface area (Å²) in [5.74, 6) is 0. The zero-order chi connectivity index (χ0) is 14.4. The molecule has 2 aromatic rings. The van der Waals surface area contributed by atoms with Crippen LogP contribution in [0.25, 0.3) is 0 Å². The molecule has 20 heavy (non-hydrogen) atoms. The van der Waals surface area contributed by atoms with Gasteiger partial charge in [0.15, 0.2) is 0 Å². The summed E-state index contributed by atoms with van der Waals surface area (Å²) >= 11 is 3.42. The average Bonchev–Trinajstić information content (AvgIpc) is 2.47. The van der Waals surface area contributed by atoms with Gasteiger partial charge in [-0.25, -0.2) is 4.79 Å². The molecular formula is C15H12BrN3O. The quantitative estimate of drug-likeness (QED) is 0.902. The number of rotatable bonds is 3. The number of anilines is 1. The van der Waals surface area contributed by atoms with Crippen LogP contribution in [0.3, 0.4) is 0 Å². The molecular weight excluding hydrogens is 318 g/mol. The minimum absolute atomic E-state index is 0.344. The topological polar surface area (TPSA) is 64.9 Å². The zero-order valence-electron chi connectivity index (χ0n) is 10.6. The highest BCUT2D eigenvalue weighted by atomic mass is 79.9. The Morgan fingerprint density at radius 2 is 1.85 bits per heavy atom. The summed E-state index contributed by atoms with van der Waals surface area (Å²) in [7, 11) is 0. The third-order valence-electron chi connectivity index (χ3n) is 2.69. The molecule has 0 aliphatic rings. The molecule has 0 aliphatic carbocycles. The van der Waals surface area contributed by atoms with Crippen molar-refractivity contribution in [1.82, 2.24) is 5.32 Å². The maximum absolute atomic E-state index is 11.8. The van der Waals surface area contributed by atoms with E-state index in [4.69, 9.17) is 5.26 Å². The number of nitrogens with zero attached hydrogens (tertiary/aromatic N) is 1. The molecule has 0 fully saturated rings. The van der Waals surface area contributed by atoms with Crippen LogP contribution in [0, 0.1) is 11.3 Å². The summed E-state index contributed by atoms with van der Waals surface area (Å²) in [4.78, 5) is 11.8. The Kier molecular flexibility index (Phi) is 4.75. The Labute approximate surface area is 125 Å². The van der Waals surface area contributed by atoms with Crippen molar-refractivity contribution in [3.8, 4) is 6.07 Å². The number of nitrogens with one attached hydrogen (secondary N) is 2. The van der Waals surface area contributed by atoms with Crippen LogP contribution < -0.4 is 10.6 Å². The second-order valence-electron chi connectivity index (χ2n) is 4.06. The minimum atomic E-state index is -0.344. The van der Waals surface area contributed by atoms with Gasteiger partial charge in [-0.3, -0.25) is 0 Å². The molecule has 0 atom stereocenters. The van der Waals surface area contributed by atoms with Crippen molar-refractivity contribution in [2.75, 3.05) is 5.32 Å². The van der Waals surface area contributed by atoms with E-state index >= 15 is 0 Å². The van der Waals surface area contributed by atoms with Gasteiger partial charge in [0.2, 0.25) is 0 Å². The number of halogens is 1. The van der Waals surface area contributed by atoms with Gasteiger partial charge >= 0.3 is 6.03 Å². The normalized spacial score (nSPS) is 9.60. The molecule has 0 bridgehead atoms. The highest BCUT2D eigenvalue weighted by molar-refractivity contribution is 9.10. The van der Waals surface area contributed by atoms with Gasteiger partial charge < -0.3 is 10.6 Å². The van der Waals surface area contributed by atoms with E-state index in [2.05, 4.69) is 26.6 Å². The molecule has 0 radical (unpaired) electrons. The minimum Gasteiger partial charge on any atom is -0.334 e. The maximum Gasteiger partial charge on any atom is 0.319 e. The lowest BCUT2D eigenvalue weighted by atomic mass is 10.2. The van der Waals surface area contributed by atoms with Gasteiger partial charge in [0, 0.05) is 11.0 Å². The van der Waals surface area contributed by atoms with Crippen LogP contribution in [-0.4, -0.2) is 6.03 Å². The van der Waals surface area contributed by atoms with E-state index in [0.717, 1.165) is 10.0 Å². The van der Waals surface area contributed by atoms with E-state index < -0.39 is 0 Å². The molecule has 0 heterocycles. The second-order valence-corrected chi connectivity index (χ2v) is 4.91. The number of hydrogen-bond donors (Lipinski definition) is 2. The van der Waals surface area contributed by atoms with Crippen molar-refractivity contribution < 1.29 is 4.79 Å². The Morgan fingerprint density at radius 3 is 2.60 bits per heavy atom. The largest absolute Gasteiger partial charge is 0.334 e. The number of amides is 2. The van der Waals surface area contributed by atoms with Crippen LogP contribution in [0.2, 0.25) is 0 Å². The van der Waals surface area contributed by atoms with Gasteiger partial charge in [0.25, 0.3) is 0 Å². The lowest BCUT2D eigenvalue weighted by molar-refractivity contribution is 0.251. The first-order valence-corrected chi connectivity index (χ1v) is 6.77. The standard InChI is InChI=1S/C15H12BrN3O/c16-13-7-3-1-6-12(13)10-18-15(20)19-14-8-4-2-5-11(14)9-17/h1-8H,10H2,(H2,18,19,20). The molecule has 2 aromatic carbocycles. The molecule has 2 N–H and O–H groups in total. The molecule has 0 unspecified atom stereocenters. The van der Waals surface area contributed by atoms with E-state index in [9.17, 15) is 4.79 Å². The maximum atomic E-state index is 11.8. The lowest BCUT2D eigenvalue weighted by Crippen LogP contribution is -2.28. The Balaban J connectivity index is 1.97. The molecule has 0 aromatic heterocycles. The summed E-state index contributed by atoms with van der Waals surface area (Å²) < 4.78 is 0.942. The number of para-hydroxylation sites is 1. The van der Waals surface area contributed by atoms with E-state index in [1.165, 1.54) is 0 Å². The summed E-state index contributed by atoms with van der Waals surface area (Å²) in [6, 6.07) is 16.2. The van der Waals surface area contributed by atoms with Gasteiger partial charge in [-0.05, 0) is 23.8 Å². The lowest BCUT2D eigenvalue weighted by Gasteiger charge is -2.09. The van der Waals surface area contributed by atoms with Crippen LogP contribution in [0.1, 0.15) is 11.1 Å². The van der Waals surface area contributed by atoms with Gasteiger partial charge in [-0.2, -0.15) is 5.26 Å². The molecule has 0 saturated carbocycles. The molecule has 100 valence electrons. The monoisotopic (exact) mass is 329 g/mol. The van der Waals surface area contributed by atoms with Crippen molar-refractivity contribution in [3.63, 3.8) is 0 Å². The number of hydrogen-bond acceptors (Lipinski definition) is 2. The molecule has 0 spiro atoms. The molecule has 5 heteroatoms. The fraction of sp³-hybridized carbons (Fsp3) is 0.0667. The highest BCUT2D eigenvalue weighted by Crippen LogP contribution is 2.16. The molecule has 0 saturated heterocycles. The number of nitriles is 1. The van der Waals surface area contributed by atoms with Gasteiger partial charge in [0.1, 0.15) is 6.07 Å². The first kappa shape index (κ1) is 14.1. The van der Waals surface area contributed by atoms with Crippen molar-refractivity contribution in [2.24, 2.45) is 0 Å². The summed E-state index contributed by atoms with van der Waals surface area (Å²) in [5.41, 5.74) is 1.92. The number of carbonyl (C=O) groups is 1. The van der Waals surface area contributed by atoms with Crippen molar-refractivity contribution >= 4 is 27.6 Å². The van der Waals surface area contributed by atoms with E-state index in [1.54, 1.807) is 24.3 Å². The van der Waals surface area contributed by atoms with Crippen molar-refractivity contribution in [3.05, 3.63) is 64.1 Å². The third-order valence-corrected chi connectivity index (χ3v) is 3.47.